The van der Waals surface area contributed by atoms with Crippen molar-refractivity contribution in [1.82, 2.24) is 25.3 Å². The molecule has 0 saturated carbocycles. The number of pyridine rings is 1. The van der Waals surface area contributed by atoms with E-state index in [0.717, 1.165) is 11.1 Å². The van der Waals surface area contributed by atoms with Crippen LogP contribution in [0.15, 0.2) is 67.0 Å². The fourth-order valence-electron chi connectivity index (χ4n) is 3.60. The molecule has 2 aromatic carbocycles. The Hall–Kier alpha value is -4.40. The quantitative estimate of drug-likeness (QED) is 0.427. The van der Waals surface area contributed by atoms with Gasteiger partial charge in [-0.3, -0.25) is 9.78 Å². The second-order valence-corrected chi connectivity index (χ2v) is 7.45. The molecule has 0 aliphatic rings. The third-order valence-electron chi connectivity index (χ3n) is 5.39. The molecular formula is C25H25N5O4. The van der Waals surface area contributed by atoms with Crippen molar-refractivity contribution in [3.63, 3.8) is 0 Å². The van der Waals surface area contributed by atoms with Crippen LogP contribution in [0.2, 0.25) is 0 Å². The van der Waals surface area contributed by atoms with E-state index in [1.165, 1.54) is 0 Å². The highest BCUT2D eigenvalue weighted by atomic mass is 16.5. The number of benzene rings is 2. The average Bonchev–Trinajstić information content (AvgIpc) is 3.34. The van der Waals surface area contributed by atoms with E-state index < -0.39 is 0 Å². The third kappa shape index (κ3) is 4.54. The summed E-state index contributed by atoms with van der Waals surface area (Å²) in [5.74, 6) is 1.51. The minimum atomic E-state index is -0.358. The summed E-state index contributed by atoms with van der Waals surface area (Å²) in [6.07, 6.45) is 3.32. The van der Waals surface area contributed by atoms with E-state index >= 15 is 0 Å². The normalized spacial score (nSPS) is 11.5. The lowest BCUT2D eigenvalue weighted by atomic mass is 10.1. The van der Waals surface area contributed by atoms with Crippen LogP contribution in [0.25, 0.3) is 16.9 Å². The number of amides is 1. The van der Waals surface area contributed by atoms with E-state index in [1.807, 2.05) is 55.5 Å². The number of rotatable bonds is 8. The van der Waals surface area contributed by atoms with Crippen LogP contribution in [0.4, 0.5) is 0 Å². The molecular weight excluding hydrogens is 434 g/mol. The van der Waals surface area contributed by atoms with Gasteiger partial charge in [0.15, 0.2) is 17.2 Å². The van der Waals surface area contributed by atoms with Crippen molar-refractivity contribution in [2.24, 2.45) is 0 Å². The van der Waals surface area contributed by atoms with Gasteiger partial charge in [0, 0.05) is 24.0 Å². The van der Waals surface area contributed by atoms with Gasteiger partial charge in [-0.2, -0.15) is 0 Å². The van der Waals surface area contributed by atoms with Crippen molar-refractivity contribution in [1.29, 1.82) is 0 Å². The van der Waals surface area contributed by atoms with Crippen molar-refractivity contribution in [2.45, 2.75) is 13.0 Å². The fourth-order valence-corrected chi connectivity index (χ4v) is 3.60. The second-order valence-electron chi connectivity index (χ2n) is 7.45. The van der Waals surface area contributed by atoms with E-state index in [4.69, 9.17) is 14.2 Å². The Morgan fingerprint density at radius 3 is 2.41 bits per heavy atom. The lowest BCUT2D eigenvalue weighted by molar-refractivity contribution is 0.0935. The molecule has 0 saturated heterocycles. The lowest BCUT2D eigenvalue weighted by Crippen LogP contribution is -2.27. The van der Waals surface area contributed by atoms with Gasteiger partial charge in [0.1, 0.15) is 11.4 Å². The zero-order valence-corrected chi connectivity index (χ0v) is 19.4. The maximum Gasteiger partial charge on any atom is 0.274 e. The predicted molar refractivity (Wildman–Crippen MR) is 127 cm³/mol. The monoisotopic (exact) mass is 459 g/mol. The van der Waals surface area contributed by atoms with Gasteiger partial charge in [-0.1, -0.05) is 17.3 Å². The van der Waals surface area contributed by atoms with Gasteiger partial charge in [0.2, 0.25) is 0 Å². The zero-order valence-electron chi connectivity index (χ0n) is 19.4. The highest BCUT2D eigenvalue weighted by Crippen LogP contribution is 2.31. The fraction of sp³-hybridized carbons (Fsp3) is 0.200. The van der Waals surface area contributed by atoms with Crippen LogP contribution >= 0.6 is 0 Å². The van der Waals surface area contributed by atoms with Gasteiger partial charge in [0.25, 0.3) is 5.91 Å². The summed E-state index contributed by atoms with van der Waals surface area (Å²) >= 11 is 0. The molecule has 2 heterocycles. The van der Waals surface area contributed by atoms with Crippen molar-refractivity contribution >= 4 is 5.91 Å². The SMILES string of the molecule is COc1cccc(-n2nnc(C(=O)NC(C)c3ccc(OC)c(OC)c3)c2-c2ccncc2)c1. The number of hydrogen-bond acceptors (Lipinski definition) is 7. The number of methoxy groups -OCH3 is 3. The largest absolute Gasteiger partial charge is 0.497 e. The molecule has 0 radical (unpaired) electrons. The second kappa shape index (κ2) is 10.0. The first-order valence-corrected chi connectivity index (χ1v) is 10.6. The molecule has 174 valence electrons. The number of ether oxygens (including phenoxy) is 3. The molecule has 0 aliphatic heterocycles. The first kappa shape index (κ1) is 22.8. The topological polar surface area (TPSA) is 100 Å². The van der Waals surface area contributed by atoms with Gasteiger partial charge in [-0.25, -0.2) is 4.68 Å². The molecule has 0 aliphatic carbocycles. The molecule has 9 heteroatoms. The maximum absolute atomic E-state index is 13.3. The van der Waals surface area contributed by atoms with E-state index in [-0.39, 0.29) is 17.6 Å². The van der Waals surface area contributed by atoms with Crippen LogP contribution in [0.5, 0.6) is 17.2 Å². The summed E-state index contributed by atoms with van der Waals surface area (Å²) in [4.78, 5) is 17.4. The molecule has 4 rings (SSSR count). The average molecular weight is 460 g/mol. The number of nitrogens with one attached hydrogen (secondary N) is 1. The minimum Gasteiger partial charge on any atom is -0.497 e. The zero-order chi connectivity index (χ0) is 24.1. The Morgan fingerprint density at radius 2 is 1.71 bits per heavy atom. The summed E-state index contributed by atoms with van der Waals surface area (Å²) in [6, 6.07) is 16.2. The van der Waals surface area contributed by atoms with Gasteiger partial charge in [-0.05, 0) is 48.9 Å². The van der Waals surface area contributed by atoms with E-state index in [9.17, 15) is 4.79 Å². The highest BCUT2D eigenvalue weighted by molar-refractivity contribution is 5.98. The summed E-state index contributed by atoms with van der Waals surface area (Å²) in [6.45, 7) is 1.89. The van der Waals surface area contributed by atoms with Crippen molar-refractivity contribution in [3.8, 4) is 34.2 Å². The molecule has 1 amide bonds. The third-order valence-corrected chi connectivity index (χ3v) is 5.39. The van der Waals surface area contributed by atoms with Crippen LogP contribution in [-0.2, 0) is 0 Å². The summed E-state index contributed by atoms with van der Waals surface area (Å²) < 4.78 is 17.6. The lowest BCUT2D eigenvalue weighted by Gasteiger charge is -2.16. The molecule has 2 aromatic heterocycles. The van der Waals surface area contributed by atoms with E-state index in [1.54, 1.807) is 44.5 Å². The first-order chi connectivity index (χ1) is 16.5. The van der Waals surface area contributed by atoms with Gasteiger partial charge in [0.05, 0.1) is 33.1 Å². The molecule has 0 spiro atoms. The Labute approximate surface area is 197 Å². The van der Waals surface area contributed by atoms with Crippen LogP contribution in [0, 0.1) is 0 Å². The standard InChI is InChI=1S/C25H25N5O4/c1-16(18-8-9-21(33-3)22(14-18)34-4)27-25(31)23-24(17-10-12-26-13-11-17)30(29-28-23)19-6-5-7-20(15-19)32-2/h5-16H,1-4H3,(H,27,31). The summed E-state index contributed by atoms with van der Waals surface area (Å²) in [7, 11) is 4.75. The van der Waals surface area contributed by atoms with Gasteiger partial charge in [-0.15, -0.1) is 5.10 Å². The van der Waals surface area contributed by atoms with Crippen LogP contribution < -0.4 is 19.5 Å². The molecule has 0 fully saturated rings. The number of aromatic nitrogens is 4. The van der Waals surface area contributed by atoms with Crippen molar-refractivity contribution < 1.29 is 19.0 Å². The number of hydrogen-bond donors (Lipinski definition) is 1. The minimum absolute atomic E-state index is 0.196. The van der Waals surface area contributed by atoms with Crippen LogP contribution in [0.1, 0.15) is 29.0 Å². The number of nitrogens with zero attached hydrogens (tertiary/aromatic N) is 4. The van der Waals surface area contributed by atoms with Gasteiger partial charge < -0.3 is 19.5 Å². The highest BCUT2D eigenvalue weighted by Gasteiger charge is 2.24. The molecule has 1 atom stereocenters. The molecule has 34 heavy (non-hydrogen) atoms. The Bertz CT molecular complexity index is 1290. The van der Waals surface area contributed by atoms with Gasteiger partial charge >= 0.3 is 0 Å². The van der Waals surface area contributed by atoms with Crippen molar-refractivity contribution in [3.05, 3.63) is 78.2 Å². The molecule has 4 aromatic rings. The molecule has 1 unspecified atom stereocenters. The smallest absolute Gasteiger partial charge is 0.274 e. The molecule has 9 nitrogen and oxygen atoms in total. The molecule has 0 bridgehead atoms. The van der Waals surface area contributed by atoms with Crippen LogP contribution in [-0.4, -0.2) is 47.2 Å². The summed E-state index contributed by atoms with van der Waals surface area (Å²) in [5, 5.41) is 11.5. The predicted octanol–water partition coefficient (Wildman–Crippen LogP) is 3.85. The number of carbonyl (C=O) groups is 1. The first-order valence-electron chi connectivity index (χ1n) is 10.6. The Kier molecular flexibility index (Phi) is 6.72. The Balaban J connectivity index is 1.70. The van der Waals surface area contributed by atoms with Crippen LogP contribution in [0.3, 0.4) is 0 Å². The Morgan fingerprint density at radius 1 is 0.941 bits per heavy atom. The van der Waals surface area contributed by atoms with Crippen molar-refractivity contribution in [2.75, 3.05) is 21.3 Å². The van der Waals surface area contributed by atoms with E-state index in [0.29, 0.717) is 28.6 Å². The maximum atomic E-state index is 13.3. The molecule has 1 N–H and O–H groups in total. The van der Waals surface area contributed by atoms with E-state index in [2.05, 4.69) is 20.6 Å². The number of carbonyl (C=O) groups excluding carboxylic acids is 1. The summed E-state index contributed by atoms with van der Waals surface area (Å²) in [5.41, 5.74) is 3.07.